The van der Waals surface area contributed by atoms with Crippen LogP contribution in [0.25, 0.3) is 0 Å². The van der Waals surface area contributed by atoms with E-state index in [0.29, 0.717) is 6.42 Å². The van der Waals surface area contributed by atoms with E-state index in [1.807, 2.05) is 43.3 Å². The molecule has 0 unspecified atom stereocenters. The molecular formula is C18H17ClO. The van der Waals surface area contributed by atoms with Crippen molar-refractivity contribution in [3.63, 3.8) is 0 Å². The Labute approximate surface area is 124 Å². The fourth-order valence-corrected chi connectivity index (χ4v) is 3.64. The Bertz CT molecular complexity index is 604. The molecule has 0 bridgehead atoms. The normalized spacial score (nSPS) is 29.6. The highest BCUT2D eigenvalue weighted by atomic mass is 35.5. The Morgan fingerprint density at radius 3 is 2.00 bits per heavy atom. The maximum absolute atomic E-state index is 12.3. The van der Waals surface area contributed by atoms with Crippen LogP contribution in [0.3, 0.4) is 0 Å². The molecule has 0 N–H and O–H groups in total. The Morgan fingerprint density at radius 2 is 1.45 bits per heavy atom. The average Bonchev–Trinajstić information content (AvgIpc) is 2.71. The molecule has 0 amide bonds. The second-order valence-corrected chi connectivity index (χ2v) is 6.39. The molecule has 102 valence electrons. The van der Waals surface area contributed by atoms with Gasteiger partial charge in [0.05, 0.1) is 0 Å². The first kappa shape index (κ1) is 13.4. The second kappa shape index (κ2) is 5.06. The number of alkyl halides is 1. The zero-order valence-corrected chi connectivity index (χ0v) is 12.2. The molecule has 1 saturated carbocycles. The number of carbonyl (C=O) groups is 1. The van der Waals surface area contributed by atoms with E-state index in [1.54, 1.807) is 0 Å². The van der Waals surface area contributed by atoms with Crippen molar-refractivity contribution in [3.05, 3.63) is 71.8 Å². The maximum atomic E-state index is 12.3. The summed E-state index contributed by atoms with van der Waals surface area (Å²) in [7, 11) is 0. The second-order valence-electron chi connectivity index (χ2n) is 5.61. The van der Waals surface area contributed by atoms with Crippen molar-refractivity contribution in [3.8, 4) is 0 Å². The van der Waals surface area contributed by atoms with Crippen LogP contribution in [0.1, 0.15) is 36.3 Å². The molecule has 0 radical (unpaired) electrons. The predicted molar refractivity (Wildman–Crippen MR) is 82.2 cm³/mol. The Balaban J connectivity index is 2.08. The summed E-state index contributed by atoms with van der Waals surface area (Å²) in [6.45, 7) is 1.86. The first-order valence-corrected chi connectivity index (χ1v) is 7.30. The lowest BCUT2D eigenvalue weighted by molar-refractivity contribution is -0.119. The third-order valence-electron chi connectivity index (χ3n) is 4.32. The number of hydrogen-bond acceptors (Lipinski definition) is 1. The van der Waals surface area contributed by atoms with Gasteiger partial charge in [0.15, 0.2) is 5.78 Å². The van der Waals surface area contributed by atoms with E-state index < -0.39 is 4.87 Å². The lowest BCUT2D eigenvalue weighted by atomic mass is 9.80. The standard InChI is InChI=1S/C18H17ClO/c1-18(19)16(20)12-15(13-8-4-2-5-9-13)17(18)14-10-6-3-7-11-14/h2-11,15,17H,12H2,1H3/t15-,17+,18+/m0/s1. The minimum absolute atomic E-state index is 0.0280. The monoisotopic (exact) mass is 284 g/mol. The molecule has 1 nitrogen and oxygen atoms in total. The zero-order valence-electron chi connectivity index (χ0n) is 11.4. The van der Waals surface area contributed by atoms with Crippen LogP contribution in [-0.4, -0.2) is 10.7 Å². The van der Waals surface area contributed by atoms with Crippen molar-refractivity contribution >= 4 is 17.4 Å². The SMILES string of the molecule is C[C@@]1(Cl)C(=O)C[C@@H](c2ccccc2)[C@H]1c1ccccc1. The predicted octanol–water partition coefficient (Wildman–Crippen LogP) is 4.52. The number of Topliss-reactive ketones (excluding diaryl/α,β-unsaturated/α-hetero) is 1. The molecule has 1 aliphatic rings. The maximum Gasteiger partial charge on any atom is 0.154 e. The van der Waals surface area contributed by atoms with Crippen molar-refractivity contribution in [2.45, 2.75) is 30.1 Å². The van der Waals surface area contributed by atoms with Crippen LogP contribution in [0.2, 0.25) is 0 Å². The molecule has 2 aromatic carbocycles. The van der Waals surface area contributed by atoms with E-state index in [-0.39, 0.29) is 17.6 Å². The highest BCUT2D eigenvalue weighted by Crippen LogP contribution is 2.52. The van der Waals surface area contributed by atoms with Gasteiger partial charge >= 0.3 is 0 Å². The smallest absolute Gasteiger partial charge is 0.154 e. The van der Waals surface area contributed by atoms with Crippen molar-refractivity contribution in [2.75, 3.05) is 0 Å². The average molecular weight is 285 g/mol. The van der Waals surface area contributed by atoms with Crippen molar-refractivity contribution in [2.24, 2.45) is 0 Å². The van der Waals surface area contributed by atoms with Crippen LogP contribution in [-0.2, 0) is 4.79 Å². The first-order valence-electron chi connectivity index (χ1n) is 6.93. The molecule has 1 fully saturated rings. The summed E-state index contributed by atoms with van der Waals surface area (Å²) in [5.74, 6) is 0.329. The summed E-state index contributed by atoms with van der Waals surface area (Å²) in [6, 6.07) is 20.4. The summed E-state index contributed by atoms with van der Waals surface area (Å²) >= 11 is 6.61. The Kier molecular flexibility index (Phi) is 3.39. The molecule has 0 aromatic heterocycles. The molecule has 20 heavy (non-hydrogen) atoms. The van der Waals surface area contributed by atoms with E-state index in [0.717, 1.165) is 5.56 Å². The number of ketones is 1. The van der Waals surface area contributed by atoms with E-state index >= 15 is 0 Å². The van der Waals surface area contributed by atoms with Gasteiger partial charge in [-0.2, -0.15) is 0 Å². The molecule has 0 spiro atoms. The largest absolute Gasteiger partial charge is 0.298 e. The van der Waals surface area contributed by atoms with Gasteiger partial charge in [0.25, 0.3) is 0 Å². The molecular weight excluding hydrogens is 268 g/mol. The Hall–Kier alpha value is -1.60. The lowest BCUT2D eigenvalue weighted by Crippen LogP contribution is -2.29. The topological polar surface area (TPSA) is 17.1 Å². The third kappa shape index (κ3) is 2.16. The number of carbonyl (C=O) groups excluding carboxylic acids is 1. The minimum Gasteiger partial charge on any atom is -0.298 e. The fourth-order valence-electron chi connectivity index (χ4n) is 3.28. The summed E-state index contributed by atoms with van der Waals surface area (Å²) < 4.78 is 0. The van der Waals surface area contributed by atoms with Crippen LogP contribution in [0.5, 0.6) is 0 Å². The van der Waals surface area contributed by atoms with Crippen molar-refractivity contribution in [1.82, 2.24) is 0 Å². The van der Waals surface area contributed by atoms with Gasteiger partial charge in [0.1, 0.15) is 4.87 Å². The Morgan fingerprint density at radius 1 is 0.950 bits per heavy atom. The molecule has 2 heteroatoms. The zero-order chi connectivity index (χ0) is 14.2. The van der Waals surface area contributed by atoms with Gasteiger partial charge in [-0.15, -0.1) is 11.6 Å². The highest BCUT2D eigenvalue weighted by Gasteiger charge is 2.51. The van der Waals surface area contributed by atoms with Gasteiger partial charge in [0.2, 0.25) is 0 Å². The molecule has 0 heterocycles. The number of halogens is 1. The molecule has 2 aromatic rings. The molecule has 0 aliphatic heterocycles. The number of hydrogen-bond donors (Lipinski definition) is 0. The van der Waals surface area contributed by atoms with Crippen LogP contribution in [0.15, 0.2) is 60.7 Å². The van der Waals surface area contributed by atoms with Gasteiger partial charge in [0, 0.05) is 12.3 Å². The van der Waals surface area contributed by atoms with E-state index in [9.17, 15) is 4.79 Å². The van der Waals surface area contributed by atoms with Gasteiger partial charge in [-0.3, -0.25) is 4.79 Å². The number of benzene rings is 2. The lowest BCUT2D eigenvalue weighted by Gasteiger charge is -2.28. The van der Waals surface area contributed by atoms with Gasteiger partial charge in [-0.1, -0.05) is 60.7 Å². The van der Waals surface area contributed by atoms with Gasteiger partial charge in [-0.25, -0.2) is 0 Å². The summed E-state index contributed by atoms with van der Waals surface area (Å²) in [6.07, 6.45) is 0.517. The van der Waals surface area contributed by atoms with Crippen LogP contribution in [0, 0.1) is 0 Å². The summed E-state index contributed by atoms with van der Waals surface area (Å²) in [5.41, 5.74) is 2.34. The quantitative estimate of drug-likeness (QED) is 0.741. The fraction of sp³-hybridized carbons (Fsp3) is 0.278. The van der Waals surface area contributed by atoms with Crippen LogP contribution >= 0.6 is 11.6 Å². The summed E-state index contributed by atoms with van der Waals surface area (Å²) in [4.78, 5) is 11.5. The summed E-state index contributed by atoms with van der Waals surface area (Å²) in [5, 5.41) is 0. The highest BCUT2D eigenvalue weighted by molar-refractivity contribution is 6.36. The van der Waals surface area contributed by atoms with Crippen molar-refractivity contribution in [1.29, 1.82) is 0 Å². The minimum atomic E-state index is -0.818. The third-order valence-corrected chi connectivity index (χ3v) is 4.77. The van der Waals surface area contributed by atoms with Crippen molar-refractivity contribution < 1.29 is 4.79 Å². The van der Waals surface area contributed by atoms with E-state index in [4.69, 9.17) is 11.6 Å². The van der Waals surface area contributed by atoms with E-state index in [1.165, 1.54) is 5.56 Å². The molecule has 1 aliphatic carbocycles. The van der Waals surface area contributed by atoms with Crippen LogP contribution < -0.4 is 0 Å². The molecule has 3 rings (SSSR count). The van der Waals surface area contributed by atoms with Gasteiger partial charge in [-0.05, 0) is 24.0 Å². The van der Waals surface area contributed by atoms with Crippen LogP contribution in [0.4, 0.5) is 0 Å². The van der Waals surface area contributed by atoms with Gasteiger partial charge < -0.3 is 0 Å². The van der Waals surface area contributed by atoms with E-state index in [2.05, 4.69) is 24.3 Å². The molecule has 3 atom stereocenters. The first-order chi connectivity index (χ1) is 9.60. The number of rotatable bonds is 2. The molecule has 0 saturated heterocycles.